The number of carbonyl (C=O) groups excluding carboxylic acids is 1. The van der Waals surface area contributed by atoms with E-state index in [1.165, 1.54) is 12.1 Å². The van der Waals surface area contributed by atoms with Crippen LogP contribution in [0.25, 0.3) is 0 Å². The normalized spacial score (nSPS) is 11.6. The van der Waals surface area contributed by atoms with Crippen LogP contribution in [0.3, 0.4) is 0 Å². The molecule has 0 saturated carbocycles. The molecule has 0 aliphatic heterocycles. The van der Waals surface area contributed by atoms with E-state index >= 15 is 0 Å². The molecule has 1 aromatic rings. The van der Waals surface area contributed by atoms with E-state index in [0.29, 0.717) is 5.56 Å². The van der Waals surface area contributed by atoms with Crippen molar-refractivity contribution in [1.82, 2.24) is 0 Å². The van der Waals surface area contributed by atoms with Crippen LogP contribution in [0, 0.1) is 12.7 Å². The van der Waals surface area contributed by atoms with Crippen LogP contribution >= 0.6 is 0 Å². The van der Waals surface area contributed by atoms with Gasteiger partial charge in [-0.3, -0.25) is 4.79 Å². The Kier molecular flexibility index (Phi) is 4.26. The Labute approximate surface area is 96.4 Å². The van der Waals surface area contributed by atoms with Crippen LogP contribution < -0.4 is 0 Å². The number of hydrogen-bond donors (Lipinski definition) is 0. The number of benzene rings is 1. The summed E-state index contributed by atoms with van der Waals surface area (Å²) in [6.07, 6.45) is -5.73. The molecular formula is C12H12F4O. The minimum absolute atomic E-state index is 0.121. The van der Waals surface area contributed by atoms with Gasteiger partial charge in [0.25, 0.3) is 0 Å². The van der Waals surface area contributed by atoms with E-state index in [-0.39, 0.29) is 18.4 Å². The Balaban J connectivity index is 2.56. The molecule has 1 nitrogen and oxygen atoms in total. The van der Waals surface area contributed by atoms with E-state index in [0.717, 1.165) is 6.07 Å². The van der Waals surface area contributed by atoms with Gasteiger partial charge in [-0.05, 0) is 25.0 Å². The van der Waals surface area contributed by atoms with Gasteiger partial charge in [-0.2, -0.15) is 13.2 Å². The highest BCUT2D eigenvalue weighted by Gasteiger charge is 2.26. The molecule has 0 atom stereocenters. The summed E-state index contributed by atoms with van der Waals surface area (Å²) < 4.78 is 48.7. The highest BCUT2D eigenvalue weighted by Crippen LogP contribution is 2.23. The summed E-state index contributed by atoms with van der Waals surface area (Å²) in [7, 11) is 0. The van der Waals surface area contributed by atoms with Crippen molar-refractivity contribution < 1.29 is 22.4 Å². The van der Waals surface area contributed by atoms with Gasteiger partial charge >= 0.3 is 6.18 Å². The first-order chi connectivity index (χ1) is 7.79. The molecule has 0 amide bonds. The molecule has 0 saturated heterocycles. The van der Waals surface area contributed by atoms with Gasteiger partial charge in [0.05, 0.1) is 0 Å². The van der Waals surface area contributed by atoms with Crippen molar-refractivity contribution in [3.8, 4) is 0 Å². The molecular weight excluding hydrogens is 236 g/mol. The quantitative estimate of drug-likeness (QED) is 0.580. The second kappa shape index (κ2) is 5.29. The van der Waals surface area contributed by atoms with Gasteiger partial charge in [0.2, 0.25) is 0 Å². The lowest BCUT2D eigenvalue weighted by atomic mass is 10.0. The number of carbonyl (C=O) groups is 1. The number of aryl methyl sites for hydroxylation is 1. The average molecular weight is 248 g/mol. The fourth-order valence-electron chi connectivity index (χ4n) is 1.36. The smallest absolute Gasteiger partial charge is 0.294 e. The fraction of sp³-hybridized carbons (Fsp3) is 0.417. The summed E-state index contributed by atoms with van der Waals surface area (Å²) in [5.74, 6) is -0.986. The van der Waals surface area contributed by atoms with Gasteiger partial charge in [-0.1, -0.05) is 12.1 Å². The molecule has 1 rings (SSSR count). The number of alkyl halides is 3. The zero-order valence-corrected chi connectivity index (χ0v) is 9.27. The van der Waals surface area contributed by atoms with Gasteiger partial charge in [0, 0.05) is 18.4 Å². The second-order valence-corrected chi connectivity index (χ2v) is 3.86. The maximum Gasteiger partial charge on any atom is 0.389 e. The molecule has 0 fully saturated rings. The van der Waals surface area contributed by atoms with Gasteiger partial charge < -0.3 is 0 Å². The lowest BCUT2D eigenvalue weighted by Crippen LogP contribution is -2.08. The third-order valence-corrected chi connectivity index (χ3v) is 2.36. The summed E-state index contributed by atoms with van der Waals surface area (Å²) in [6, 6.07) is 3.92. The first-order valence-corrected chi connectivity index (χ1v) is 5.16. The molecule has 0 unspecified atom stereocenters. The minimum Gasteiger partial charge on any atom is -0.294 e. The standard InChI is InChI=1S/C12H12F4O/c1-8-4-5-9(7-10(8)13)11(17)3-2-6-12(14,15)16/h4-5,7H,2-3,6H2,1H3. The lowest BCUT2D eigenvalue weighted by molar-refractivity contribution is -0.135. The van der Waals surface area contributed by atoms with Crippen LogP contribution in [-0.2, 0) is 0 Å². The van der Waals surface area contributed by atoms with Crippen LogP contribution in [-0.4, -0.2) is 12.0 Å². The molecule has 0 radical (unpaired) electrons. The van der Waals surface area contributed by atoms with E-state index in [9.17, 15) is 22.4 Å². The van der Waals surface area contributed by atoms with Crippen molar-refractivity contribution in [3.63, 3.8) is 0 Å². The van der Waals surface area contributed by atoms with E-state index < -0.39 is 24.2 Å². The van der Waals surface area contributed by atoms with Gasteiger partial charge in [0.1, 0.15) is 5.82 Å². The Morgan fingerprint density at radius 3 is 2.47 bits per heavy atom. The number of hydrogen-bond acceptors (Lipinski definition) is 1. The van der Waals surface area contributed by atoms with E-state index in [1.54, 1.807) is 6.92 Å². The van der Waals surface area contributed by atoms with Gasteiger partial charge in [-0.25, -0.2) is 4.39 Å². The molecule has 0 N–H and O–H groups in total. The molecule has 0 aromatic heterocycles. The predicted molar refractivity (Wildman–Crippen MR) is 55.4 cm³/mol. The Hall–Kier alpha value is -1.39. The molecule has 94 valence electrons. The van der Waals surface area contributed by atoms with Crippen LogP contribution in [0.1, 0.15) is 35.2 Å². The maximum absolute atomic E-state index is 13.1. The van der Waals surface area contributed by atoms with E-state index in [2.05, 4.69) is 0 Å². The predicted octanol–water partition coefficient (Wildman–Crippen LogP) is 4.05. The molecule has 5 heteroatoms. The van der Waals surface area contributed by atoms with Crippen molar-refractivity contribution >= 4 is 5.78 Å². The van der Waals surface area contributed by atoms with Crippen LogP contribution in [0.4, 0.5) is 17.6 Å². The first-order valence-electron chi connectivity index (χ1n) is 5.16. The Morgan fingerprint density at radius 1 is 1.29 bits per heavy atom. The number of Topliss-reactive ketones (excluding diaryl/α,β-unsaturated/α-hetero) is 1. The molecule has 0 aliphatic carbocycles. The number of ketones is 1. The fourth-order valence-corrected chi connectivity index (χ4v) is 1.36. The average Bonchev–Trinajstić information content (AvgIpc) is 2.20. The van der Waals surface area contributed by atoms with Crippen molar-refractivity contribution in [2.24, 2.45) is 0 Å². The van der Waals surface area contributed by atoms with Crippen molar-refractivity contribution in [2.75, 3.05) is 0 Å². The molecule has 0 aliphatic rings. The van der Waals surface area contributed by atoms with Crippen LogP contribution in [0.15, 0.2) is 18.2 Å². The largest absolute Gasteiger partial charge is 0.389 e. The van der Waals surface area contributed by atoms with Crippen molar-refractivity contribution in [1.29, 1.82) is 0 Å². The number of rotatable bonds is 4. The van der Waals surface area contributed by atoms with Crippen LogP contribution in [0.2, 0.25) is 0 Å². The minimum atomic E-state index is -4.25. The first kappa shape index (κ1) is 13.7. The summed E-state index contributed by atoms with van der Waals surface area (Å²) in [4.78, 5) is 11.5. The monoisotopic (exact) mass is 248 g/mol. The summed E-state index contributed by atoms with van der Waals surface area (Å²) in [6.45, 7) is 1.55. The van der Waals surface area contributed by atoms with E-state index in [4.69, 9.17) is 0 Å². The zero-order chi connectivity index (χ0) is 13.1. The van der Waals surface area contributed by atoms with Gasteiger partial charge in [-0.15, -0.1) is 0 Å². The molecule has 0 spiro atoms. The summed E-state index contributed by atoms with van der Waals surface area (Å²) in [5, 5.41) is 0. The van der Waals surface area contributed by atoms with Crippen molar-refractivity contribution in [3.05, 3.63) is 35.1 Å². The Bertz CT molecular complexity index is 409. The zero-order valence-electron chi connectivity index (χ0n) is 9.27. The highest BCUT2D eigenvalue weighted by atomic mass is 19.4. The summed E-state index contributed by atoms with van der Waals surface area (Å²) >= 11 is 0. The molecule has 1 aromatic carbocycles. The topological polar surface area (TPSA) is 17.1 Å². The highest BCUT2D eigenvalue weighted by molar-refractivity contribution is 5.96. The van der Waals surface area contributed by atoms with Crippen molar-refractivity contribution in [2.45, 2.75) is 32.4 Å². The summed E-state index contributed by atoms with van der Waals surface area (Å²) in [5.41, 5.74) is 0.520. The SMILES string of the molecule is Cc1ccc(C(=O)CCCC(F)(F)F)cc1F. The lowest BCUT2D eigenvalue weighted by Gasteiger charge is -2.06. The second-order valence-electron chi connectivity index (χ2n) is 3.86. The Morgan fingerprint density at radius 2 is 1.94 bits per heavy atom. The van der Waals surface area contributed by atoms with E-state index in [1.807, 2.05) is 0 Å². The third-order valence-electron chi connectivity index (χ3n) is 2.36. The molecule has 0 bridgehead atoms. The number of halogens is 4. The maximum atomic E-state index is 13.1. The van der Waals surface area contributed by atoms with Crippen LogP contribution in [0.5, 0.6) is 0 Å². The molecule has 17 heavy (non-hydrogen) atoms. The van der Waals surface area contributed by atoms with Gasteiger partial charge in [0.15, 0.2) is 5.78 Å². The molecule has 0 heterocycles. The third kappa shape index (κ3) is 4.54.